The van der Waals surface area contributed by atoms with Crippen LogP contribution in [-0.4, -0.2) is 6.54 Å². The van der Waals surface area contributed by atoms with Crippen molar-refractivity contribution in [2.45, 2.75) is 13.3 Å². The fourth-order valence-electron chi connectivity index (χ4n) is 2.06. The normalized spacial score (nSPS) is 14.1. The molecule has 1 aliphatic heterocycles. The fourth-order valence-corrected chi connectivity index (χ4v) is 2.06. The lowest BCUT2D eigenvalue weighted by atomic mass is 9.94. The molecule has 0 unspecified atom stereocenters. The lowest BCUT2D eigenvalue weighted by Crippen LogP contribution is -2.11. The van der Waals surface area contributed by atoms with Gasteiger partial charge in [-0.1, -0.05) is 6.58 Å². The standard InChI is InChI=1S/C13H16N2O/c1-8-7-9(2)16-12-4-3-11(15)10(5-6-14)13(8)12/h3-4,7H,2,5-6,14-15H2,1H3. The van der Waals surface area contributed by atoms with Gasteiger partial charge >= 0.3 is 0 Å². The van der Waals surface area contributed by atoms with Crippen molar-refractivity contribution in [3.05, 3.63) is 41.7 Å². The number of nitrogen functional groups attached to an aromatic ring is 1. The number of rotatable bonds is 2. The van der Waals surface area contributed by atoms with Crippen molar-refractivity contribution in [3.63, 3.8) is 0 Å². The quantitative estimate of drug-likeness (QED) is 0.744. The van der Waals surface area contributed by atoms with Gasteiger partial charge in [-0.3, -0.25) is 0 Å². The summed E-state index contributed by atoms with van der Waals surface area (Å²) < 4.78 is 5.58. The summed E-state index contributed by atoms with van der Waals surface area (Å²) in [7, 11) is 0. The van der Waals surface area contributed by atoms with E-state index in [4.69, 9.17) is 16.2 Å². The van der Waals surface area contributed by atoms with Crippen LogP contribution in [0.4, 0.5) is 5.69 Å². The Balaban J connectivity index is 2.61. The van der Waals surface area contributed by atoms with Gasteiger partial charge in [0.15, 0.2) is 0 Å². The number of allylic oxidation sites excluding steroid dienone is 2. The molecule has 0 spiro atoms. The minimum Gasteiger partial charge on any atom is -0.457 e. The Kier molecular flexibility index (Phi) is 2.71. The van der Waals surface area contributed by atoms with Crippen LogP contribution in [0.5, 0.6) is 5.75 Å². The molecule has 1 aliphatic rings. The van der Waals surface area contributed by atoms with E-state index in [0.29, 0.717) is 12.3 Å². The fraction of sp³-hybridized carbons (Fsp3) is 0.231. The van der Waals surface area contributed by atoms with Gasteiger partial charge in [-0.15, -0.1) is 0 Å². The molecule has 4 N–H and O–H groups in total. The molecule has 0 saturated carbocycles. The SMILES string of the molecule is C=C1C=C(C)c2c(ccc(N)c2CCN)O1. The van der Waals surface area contributed by atoms with E-state index in [-0.39, 0.29) is 0 Å². The summed E-state index contributed by atoms with van der Waals surface area (Å²) in [5, 5.41) is 0. The first-order valence-electron chi connectivity index (χ1n) is 5.30. The number of nitrogens with two attached hydrogens (primary N) is 2. The van der Waals surface area contributed by atoms with Gasteiger partial charge in [0.05, 0.1) is 0 Å². The third kappa shape index (κ3) is 1.70. The van der Waals surface area contributed by atoms with Crippen molar-refractivity contribution in [3.8, 4) is 5.75 Å². The molecule has 1 aromatic carbocycles. The molecule has 0 radical (unpaired) electrons. The van der Waals surface area contributed by atoms with E-state index in [9.17, 15) is 0 Å². The highest BCUT2D eigenvalue weighted by Crippen LogP contribution is 2.37. The van der Waals surface area contributed by atoms with Gasteiger partial charge in [-0.25, -0.2) is 0 Å². The Morgan fingerprint density at radius 2 is 2.12 bits per heavy atom. The predicted molar refractivity (Wildman–Crippen MR) is 67.0 cm³/mol. The average molecular weight is 216 g/mol. The minimum atomic E-state index is 0.578. The summed E-state index contributed by atoms with van der Waals surface area (Å²) in [6.45, 7) is 6.42. The van der Waals surface area contributed by atoms with Crippen LogP contribution in [0.3, 0.4) is 0 Å². The number of fused-ring (bicyclic) bond motifs is 1. The van der Waals surface area contributed by atoms with E-state index in [2.05, 4.69) is 6.58 Å². The van der Waals surface area contributed by atoms with Crippen LogP contribution in [0, 0.1) is 0 Å². The van der Waals surface area contributed by atoms with E-state index in [1.165, 1.54) is 0 Å². The third-order valence-electron chi connectivity index (χ3n) is 2.72. The highest BCUT2D eigenvalue weighted by Gasteiger charge is 2.18. The van der Waals surface area contributed by atoms with Crippen LogP contribution >= 0.6 is 0 Å². The lowest BCUT2D eigenvalue weighted by Gasteiger charge is -2.21. The monoisotopic (exact) mass is 216 g/mol. The Morgan fingerprint density at radius 1 is 1.38 bits per heavy atom. The van der Waals surface area contributed by atoms with Crippen molar-refractivity contribution in [2.75, 3.05) is 12.3 Å². The summed E-state index contributed by atoms with van der Waals surface area (Å²) in [6.07, 6.45) is 2.68. The zero-order valence-corrected chi connectivity index (χ0v) is 9.42. The Labute approximate surface area is 95.4 Å². The Hall–Kier alpha value is -1.74. The van der Waals surface area contributed by atoms with Gasteiger partial charge in [-0.05, 0) is 49.2 Å². The van der Waals surface area contributed by atoms with E-state index >= 15 is 0 Å². The second-order valence-electron chi connectivity index (χ2n) is 3.94. The van der Waals surface area contributed by atoms with Crippen LogP contribution in [-0.2, 0) is 6.42 Å². The van der Waals surface area contributed by atoms with Gasteiger partial charge in [0.25, 0.3) is 0 Å². The van der Waals surface area contributed by atoms with Crippen LogP contribution < -0.4 is 16.2 Å². The van der Waals surface area contributed by atoms with Crippen LogP contribution in [0.2, 0.25) is 0 Å². The molecule has 0 fully saturated rings. The first-order valence-corrected chi connectivity index (χ1v) is 5.30. The lowest BCUT2D eigenvalue weighted by molar-refractivity contribution is 0.440. The van der Waals surface area contributed by atoms with Gasteiger partial charge in [0, 0.05) is 11.3 Å². The largest absolute Gasteiger partial charge is 0.457 e. The molecular weight excluding hydrogens is 200 g/mol. The summed E-state index contributed by atoms with van der Waals surface area (Å²) >= 11 is 0. The zero-order valence-electron chi connectivity index (χ0n) is 9.42. The van der Waals surface area contributed by atoms with E-state index in [1.54, 1.807) is 0 Å². The minimum absolute atomic E-state index is 0.578. The van der Waals surface area contributed by atoms with Gasteiger partial charge in [-0.2, -0.15) is 0 Å². The predicted octanol–water partition coefficient (Wildman–Crippen LogP) is 2.08. The number of hydrogen-bond donors (Lipinski definition) is 2. The maximum atomic E-state index is 5.97. The van der Waals surface area contributed by atoms with Crippen LogP contribution in [0.25, 0.3) is 5.57 Å². The molecule has 0 bridgehead atoms. The molecule has 2 rings (SSSR count). The Morgan fingerprint density at radius 3 is 2.81 bits per heavy atom. The average Bonchev–Trinajstić information content (AvgIpc) is 2.22. The maximum absolute atomic E-state index is 5.97. The molecule has 1 heterocycles. The van der Waals surface area contributed by atoms with Gasteiger partial charge in [0.1, 0.15) is 11.5 Å². The van der Waals surface area contributed by atoms with Crippen molar-refractivity contribution in [1.29, 1.82) is 0 Å². The molecule has 0 amide bonds. The molecule has 1 aromatic rings. The van der Waals surface area contributed by atoms with Crippen LogP contribution in [0.1, 0.15) is 18.1 Å². The topological polar surface area (TPSA) is 61.3 Å². The first kappa shape index (κ1) is 10.8. The third-order valence-corrected chi connectivity index (χ3v) is 2.72. The molecule has 0 atom stereocenters. The number of hydrogen-bond acceptors (Lipinski definition) is 3. The summed E-state index contributed by atoms with van der Waals surface area (Å²) in [5.74, 6) is 1.48. The summed E-state index contributed by atoms with van der Waals surface area (Å²) in [6, 6.07) is 3.74. The molecule has 0 aromatic heterocycles. The van der Waals surface area contributed by atoms with Gasteiger partial charge in [0.2, 0.25) is 0 Å². The van der Waals surface area contributed by atoms with Crippen molar-refractivity contribution < 1.29 is 4.74 Å². The van der Waals surface area contributed by atoms with Crippen LogP contribution in [0.15, 0.2) is 30.5 Å². The van der Waals surface area contributed by atoms with Crippen molar-refractivity contribution in [2.24, 2.45) is 5.73 Å². The van der Waals surface area contributed by atoms with E-state index in [1.807, 2.05) is 25.1 Å². The zero-order chi connectivity index (χ0) is 11.7. The van der Waals surface area contributed by atoms with E-state index < -0.39 is 0 Å². The second-order valence-corrected chi connectivity index (χ2v) is 3.94. The van der Waals surface area contributed by atoms with E-state index in [0.717, 1.165) is 34.6 Å². The number of anilines is 1. The summed E-state index contributed by atoms with van der Waals surface area (Å²) in [5.41, 5.74) is 15.6. The number of ether oxygens (including phenoxy) is 1. The highest BCUT2D eigenvalue weighted by molar-refractivity contribution is 5.79. The maximum Gasteiger partial charge on any atom is 0.135 e. The Bertz CT molecular complexity index is 475. The highest BCUT2D eigenvalue weighted by atomic mass is 16.5. The molecule has 3 heteroatoms. The smallest absolute Gasteiger partial charge is 0.135 e. The van der Waals surface area contributed by atoms with Crippen molar-refractivity contribution >= 4 is 11.3 Å². The second kappa shape index (κ2) is 4.02. The molecular formula is C13H16N2O. The molecule has 0 aliphatic carbocycles. The van der Waals surface area contributed by atoms with Crippen molar-refractivity contribution in [1.82, 2.24) is 0 Å². The number of benzene rings is 1. The molecule has 16 heavy (non-hydrogen) atoms. The molecule has 0 saturated heterocycles. The molecule has 84 valence electrons. The molecule has 3 nitrogen and oxygen atoms in total. The first-order chi connectivity index (χ1) is 7.63. The summed E-state index contributed by atoms with van der Waals surface area (Å²) in [4.78, 5) is 0. The van der Waals surface area contributed by atoms with Gasteiger partial charge < -0.3 is 16.2 Å².